The molecule has 1 aromatic rings. The zero-order valence-corrected chi connectivity index (χ0v) is 14.2. The van der Waals surface area contributed by atoms with Crippen LogP contribution < -0.4 is 14.8 Å². The largest absolute Gasteiger partial charge is 0.497 e. The zero-order chi connectivity index (χ0) is 16.7. The Labute approximate surface area is 138 Å². The molecule has 1 heterocycles. The third-order valence-corrected chi connectivity index (χ3v) is 4.14. The van der Waals surface area contributed by atoms with Crippen LogP contribution in [-0.2, 0) is 4.74 Å². The van der Waals surface area contributed by atoms with Crippen LogP contribution in [0, 0.1) is 0 Å². The van der Waals surface area contributed by atoms with Crippen molar-refractivity contribution in [1.82, 2.24) is 10.2 Å². The van der Waals surface area contributed by atoms with E-state index >= 15 is 0 Å². The van der Waals surface area contributed by atoms with Crippen molar-refractivity contribution in [1.29, 1.82) is 0 Å². The minimum atomic E-state index is -0.410. The fourth-order valence-electron chi connectivity index (χ4n) is 2.75. The van der Waals surface area contributed by atoms with Crippen molar-refractivity contribution >= 4 is 0 Å². The first-order valence-electron chi connectivity index (χ1n) is 8.07. The van der Waals surface area contributed by atoms with E-state index in [1.165, 1.54) is 0 Å². The minimum Gasteiger partial charge on any atom is -0.497 e. The lowest BCUT2D eigenvalue weighted by Gasteiger charge is -2.29. The minimum absolute atomic E-state index is 0.0550. The molecule has 0 saturated carbocycles. The predicted octanol–water partition coefficient (Wildman–Crippen LogP) is 1.05. The number of benzene rings is 1. The average Bonchev–Trinajstić information content (AvgIpc) is 2.60. The Hall–Kier alpha value is -1.34. The molecule has 0 amide bonds. The number of hydrogen-bond acceptors (Lipinski definition) is 6. The molecule has 0 bridgehead atoms. The summed E-state index contributed by atoms with van der Waals surface area (Å²) in [5.41, 5.74) is 1.02. The highest BCUT2D eigenvalue weighted by Crippen LogP contribution is 2.29. The summed E-state index contributed by atoms with van der Waals surface area (Å²) in [5, 5.41) is 13.6. The van der Waals surface area contributed by atoms with Crippen LogP contribution in [-0.4, -0.2) is 69.7 Å². The maximum Gasteiger partial charge on any atom is 0.123 e. The molecule has 23 heavy (non-hydrogen) atoms. The van der Waals surface area contributed by atoms with Crippen LogP contribution >= 0.6 is 0 Å². The number of rotatable bonds is 8. The molecule has 1 aliphatic heterocycles. The van der Waals surface area contributed by atoms with Gasteiger partial charge in [0, 0.05) is 37.8 Å². The van der Waals surface area contributed by atoms with Gasteiger partial charge >= 0.3 is 0 Å². The van der Waals surface area contributed by atoms with Gasteiger partial charge in [0.25, 0.3) is 0 Å². The molecule has 0 aromatic heterocycles. The fourth-order valence-corrected chi connectivity index (χ4v) is 2.75. The van der Waals surface area contributed by atoms with Gasteiger partial charge in [-0.3, -0.25) is 4.90 Å². The van der Waals surface area contributed by atoms with Gasteiger partial charge in [-0.2, -0.15) is 0 Å². The molecule has 6 heteroatoms. The molecule has 2 atom stereocenters. The van der Waals surface area contributed by atoms with Gasteiger partial charge in [-0.1, -0.05) is 0 Å². The fraction of sp³-hybridized carbons (Fsp3) is 0.647. The molecule has 0 radical (unpaired) electrons. The Morgan fingerprint density at radius 1 is 1.26 bits per heavy atom. The Morgan fingerprint density at radius 2 is 2.00 bits per heavy atom. The van der Waals surface area contributed by atoms with Crippen LogP contribution in [0.2, 0.25) is 0 Å². The van der Waals surface area contributed by atoms with Crippen molar-refractivity contribution in [3.63, 3.8) is 0 Å². The van der Waals surface area contributed by atoms with Gasteiger partial charge in [0.2, 0.25) is 0 Å². The van der Waals surface area contributed by atoms with E-state index in [4.69, 9.17) is 14.2 Å². The molecule has 0 unspecified atom stereocenters. The highest BCUT2D eigenvalue weighted by molar-refractivity contribution is 5.42. The number of ether oxygens (including phenoxy) is 3. The summed E-state index contributed by atoms with van der Waals surface area (Å²) in [5.74, 6) is 1.61. The third-order valence-electron chi connectivity index (χ3n) is 4.14. The molecule has 0 spiro atoms. The van der Waals surface area contributed by atoms with Crippen molar-refractivity contribution in [3.8, 4) is 11.5 Å². The number of aliphatic hydroxyl groups is 1. The normalized spacial score (nSPS) is 18.4. The van der Waals surface area contributed by atoms with Gasteiger partial charge in [0.05, 0.1) is 33.5 Å². The lowest BCUT2D eigenvalue weighted by atomic mass is 10.1. The first-order valence-corrected chi connectivity index (χ1v) is 8.07. The van der Waals surface area contributed by atoms with Crippen LogP contribution in [0.1, 0.15) is 18.5 Å². The SMILES string of the molecule is COc1ccc(OC)c([C@@H](C)NC[C@@H](O)CN2CCOCC2)c1. The first-order chi connectivity index (χ1) is 11.1. The second-order valence-electron chi connectivity index (χ2n) is 5.80. The Morgan fingerprint density at radius 3 is 2.65 bits per heavy atom. The summed E-state index contributed by atoms with van der Waals surface area (Å²) in [6, 6.07) is 5.79. The topological polar surface area (TPSA) is 63.2 Å². The van der Waals surface area contributed by atoms with E-state index in [1.54, 1.807) is 14.2 Å². The molecule has 6 nitrogen and oxygen atoms in total. The molecule has 1 aliphatic rings. The molecule has 1 saturated heterocycles. The van der Waals surface area contributed by atoms with Crippen molar-refractivity contribution < 1.29 is 19.3 Å². The summed E-state index contributed by atoms with van der Waals surface area (Å²) in [4.78, 5) is 2.23. The van der Waals surface area contributed by atoms with Crippen molar-refractivity contribution in [2.24, 2.45) is 0 Å². The zero-order valence-electron chi connectivity index (χ0n) is 14.2. The number of aliphatic hydroxyl groups excluding tert-OH is 1. The lowest BCUT2D eigenvalue weighted by molar-refractivity contribution is 0.0145. The van der Waals surface area contributed by atoms with Crippen LogP contribution in [0.15, 0.2) is 18.2 Å². The number of nitrogens with zero attached hydrogens (tertiary/aromatic N) is 1. The first kappa shape index (κ1) is 18.0. The molecule has 1 aromatic carbocycles. The summed E-state index contributed by atoms with van der Waals surface area (Å²) < 4.78 is 16.0. The quantitative estimate of drug-likeness (QED) is 0.745. The average molecular weight is 324 g/mol. The Kier molecular flexibility index (Phi) is 7.11. The molecular formula is C17H28N2O4. The van der Waals surface area contributed by atoms with Gasteiger partial charge < -0.3 is 24.6 Å². The van der Waals surface area contributed by atoms with Gasteiger partial charge in [-0.05, 0) is 25.1 Å². The van der Waals surface area contributed by atoms with E-state index in [0.29, 0.717) is 13.1 Å². The number of nitrogens with one attached hydrogen (secondary N) is 1. The molecule has 1 fully saturated rings. The maximum atomic E-state index is 10.2. The molecule has 2 rings (SSSR count). The summed E-state index contributed by atoms with van der Waals surface area (Å²) in [6.07, 6.45) is -0.410. The highest BCUT2D eigenvalue weighted by Gasteiger charge is 2.17. The highest BCUT2D eigenvalue weighted by atomic mass is 16.5. The summed E-state index contributed by atoms with van der Waals surface area (Å²) in [6.45, 7) is 6.51. The molecule has 0 aliphatic carbocycles. The van der Waals surface area contributed by atoms with Gasteiger partial charge in [-0.25, -0.2) is 0 Å². The second-order valence-corrected chi connectivity index (χ2v) is 5.80. The van der Waals surface area contributed by atoms with Crippen LogP contribution in [0.25, 0.3) is 0 Å². The smallest absolute Gasteiger partial charge is 0.123 e. The van der Waals surface area contributed by atoms with E-state index < -0.39 is 6.10 Å². The molecule has 2 N–H and O–H groups in total. The summed E-state index contributed by atoms with van der Waals surface area (Å²) >= 11 is 0. The van der Waals surface area contributed by atoms with Gasteiger partial charge in [0.1, 0.15) is 11.5 Å². The van der Waals surface area contributed by atoms with E-state index in [1.807, 2.05) is 18.2 Å². The van der Waals surface area contributed by atoms with Gasteiger partial charge in [-0.15, -0.1) is 0 Å². The van der Waals surface area contributed by atoms with Gasteiger partial charge in [0.15, 0.2) is 0 Å². The van der Waals surface area contributed by atoms with Crippen LogP contribution in [0.5, 0.6) is 11.5 Å². The van der Waals surface area contributed by atoms with Crippen LogP contribution in [0.3, 0.4) is 0 Å². The van der Waals surface area contributed by atoms with E-state index in [0.717, 1.165) is 43.4 Å². The molecular weight excluding hydrogens is 296 g/mol. The van der Waals surface area contributed by atoms with E-state index in [9.17, 15) is 5.11 Å². The standard InChI is InChI=1S/C17H28N2O4/c1-13(16-10-15(21-2)4-5-17(16)22-3)18-11-14(20)12-19-6-8-23-9-7-19/h4-5,10,13-14,18,20H,6-9,11-12H2,1-3H3/t13-,14-/m1/s1. The summed E-state index contributed by atoms with van der Waals surface area (Å²) in [7, 11) is 3.31. The number of methoxy groups -OCH3 is 2. The van der Waals surface area contributed by atoms with E-state index in [2.05, 4.69) is 17.1 Å². The van der Waals surface area contributed by atoms with Crippen molar-refractivity contribution in [3.05, 3.63) is 23.8 Å². The van der Waals surface area contributed by atoms with E-state index in [-0.39, 0.29) is 6.04 Å². The van der Waals surface area contributed by atoms with Crippen molar-refractivity contribution in [2.75, 3.05) is 53.6 Å². The number of hydrogen-bond donors (Lipinski definition) is 2. The third kappa shape index (κ3) is 5.35. The van der Waals surface area contributed by atoms with Crippen molar-refractivity contribution in [2.45, 2.75) is 19.1 Å². The predicted molar refractivity (Wildman–Crippen MR) is 89.2 cm³/mol. The maximum absolute atomic E-state index is 10.2. The monoisotopic (exact) mass is 324 g/mol. The number of morpholine rings is 1. The molecule has 130 valence electrons. The Bertz CT molecular complexity index is 478. The second kappa shape index (κ2) is 9.08. The Balaban J connectivity index is 1.87. The number of β-amino-alcohol motifs (C(OH)–C–C–N with tert-alkyl or cyclic N) is 1. The van der Waals surface area contributed by atoms with Crippen LogP contribution in [0.4, 0.5) is 0 Å². The lowest BCUT2D eigenvalue weighted by Crippen LogP contribution is -2.44.